The molecular weight excluding hydrogens is 287 g/mol. The molecule has 0 fully saturated rings. The van der Waals surface area contributed by atoms with Gasteiger partial charge in [-0.15, -0.1) is 0 Å². The number of halogens is 2. The van der Waals surface area contributed by atoms with Crippen LogP contribution in [0.1, 0.15) is 32.8 Å². The third-order valence-corrected chi connectivity index (χ3v) is 4.04. The van der Waals surface area contributed by atoms with Gasteiger partial charge in [0.1, 0.15) is 0 Å². The fourth-order valence-corrected chi connectivity index (χ4v) is 2.47. The summed E-state index contributed by atoms with van der Waals surface area (Å²) < 4.78 is 0.964. The minimum atomic E-state index is -0.669. The zero-order valence-electron chi connectivity index (χ0n) is 9.93. The molecule has 0 spiro atoms. The van der Waals surface area contributed by atoms with Gasteiger partial charge in [0.25, 0.3) is 0 Å². The Kier molecular flexibility index (Phi) is 4.84. The van der Waals surface area contributed by atoms with E-state index >= 15 is 0 Å². The zero-order chi connectivity index (χ0) is 12.3. The first-order valence-electron chi connectivity index (χ1n) is 5.55. The van der Waals surface area contributed by atoms with Gasteiger partial charge in [-0.1, -0.05) is 54.4 Å². The van der Waals surface area contributed by atoms with Crippen LogP contribution in [0.5, 0.6) is 0 Å². The van der Waals surface area contributed by atoms with Gasteiger partial charge in [-0.25, -0.2) is 0 Å². The molecule has 0 aliphatic carbocycles. The van der Waals surface area contributed by atoms with Gasteiger partial charge in [-0.05, 0) is 30.0 Å². The Bertz CT molecular complexity index is 365. The fourth-order valence-electron chi connectivity index (χ4n) is 1.73. The molecule has 0 saturated heterocycles. The van der Waals surface area contributed by atoms with E-state index < -0.39 is 5.60 Å². The van der Waals surface area contributed by atoms with Gasteiger partial charge in [0.05, 0.1) is 5.60 Å². The Morgan fingerprint density at radius 2 is 2.06 bits per heavy atom. The Morgan fingerprint density at radius 3 is 2.50 bits per heavy atom. The summed E-state index contributed by atoms with van der Waals surface area (Å²) in [4.78, 5) is 0. The van der Waals surface area contributed by atoms with Crippen LogP contribution in [0.2, 0.25) is 5.02 Å². The minimum Gasteiger partial charge on any atom is -0.389 e. The Balaban J connectivity index is 2.95. The van der Waals surface area contributed by atoms with Crippen molar-refractivity contribution in [3.8, 4) is 0 Å². The maximum Gasteiger partial charge on any atom is 0.0708 e. The molecule has 1 atom stereocenters. The van der Waals surface area contributed by atoms with E-state index in [9.17, 15) is 5.11 Å². The smallest absolute Gasteiger partial charge is 0.0708 e. The van der Waals surface area contributed by atoms with E-state index in [1.165, 1.54) is 0 Å². The zero-order valence-corrected chi connectivity index (χ0v) is 12.3. The maximum absolute atomic E-state index is 10.5. The predicted molar refractivity (Wildman–Crippen MR) is 72.9 cm³/mol. The van der Waals surface area contributed by atoms with E-state index in [1.54, 1.807) is 0 Å². The molecule has 0 heterocycles. The summed E-state index contributed by atoms with van der Waals surface area (Å²) in [5, 5.41) is 11.2. The molecule has 0 aliphatic rings. The highest BCUT2D eigenvalue weighted by Crippen LogP contribution is 2.30. The van der Waals surface area contributed by atoms with Crippen molar-refractivity contribution in [2.75, 3.05) is 0 Å². The van der Waals surface area contributed by atoms with Crippen molar-refractivity contribution in [3.05, 3.63) is 33.3 Å². The van der Waals surface area contributed by atoms with Crippen molar-refractivity contribution in [2.45, 2.75) is 39.2 Å². The third kappa shape index (κ3) is 3.22. The average Bonchev–Trinajstić information content (AvgIpc) is 2.22. The molecule has 1 nitrogen and oxygen atoms in total. The molecule has 1 N–H and O–H groups in total. The number of hydrogen-bond donors (Lipinski definition) is 1. The summed E-state index contributed by atoms with van der Waals surface area (Å²) in [6, 6.07) is 5.79. The Hall–Kier alpha value is -0.0500. The molecule has 16 heavy (non-hydrogen) atoms. The van der Waals surface area contributed by atoms with Crippen LogP contribution in [0.25, 0.3) is 0 Å². The molecule has 1 unspecified atom stereocenters. The lowest BCUT2D eigenvalue weighted by atomic mass is 9.82. The molecule has 3 heteroatoms. The first kappa shape index (κ1) is 14.0. The maximum atomic E-state index is 10.5. The van der Waals surface area contributed by atoms with E-state index in [1.807, 2.05) is 39.0 Å². The normalized spacial score (nSPS) is 15.2. The van der Waals surface area contributed by atoms with Crippen LogP contribution in [0.3, 0.4) is 0 Å². The molecular formula is C13H18BrClO. The first-order valence-corrected chi connectivity index (χ1v) is 6.72. The van der Waals surface area contributed by atoms with Gasteiger partial charge in [0.2, 0.25) is 0 Å². The van der Waals surface area contributed by atoms with Crippen LogP contribution >= 0.6 is 27.5 Å². The fraction of sp³-hybridized carbons (Fsp3) is 0.538. The van der Waals surface area contributed by atoms with E-state index in [2.05, 4.69) is 15.9 Å². The van der Waals surface area contributed by atoms with E-state index in [0.29, 0.717) is 11.4 Å². The quantitative estimate of drug-likeness (QED) is 0.872. The van der Waals surface area contributed by atoms with Gasteiger partial charge >= 0.3 is 0 Å². The Morgan fingerprint density at radius 1 is 1.44 bits per heavy atom. The van der Waals surface area contributed by atoms with Gasteiger partial charge in [0, 0.05) is 15.9 Å². The summed E-state index contributed by atoms with van der Waals surface area (Å²) in [7, 11) is 0. The lowest BCUT2D eigenvalue weighted by molar-refractivity contribution is -0.00827. The van der Waals surface area contributed by atoms with Crippen LogP contribution in [0, 0.1) is 5.92 Å². The standard InChI is InChI=1S/C13H18BrClO/c1-4-13(16,9(2)3)8-10-5-6-11(14)7-12(10)15/h5-7,9,16H,4,8H2,1-3H3. The lowest BCUT2D eigenvalue weighted by Gasteiger charge is -2.31. The highest BCUT2D eigenvalue weighted by molar-refractivity contribution is 9.10. The topological polar surface area (TPSA) is 20.2 Å². The Labute approximate surface area is 111 Å². The monoisotopic (exact) mass is 304 g/mol. The molecule has 0 aromatic heterocycles. The summed E-state index contributed by atoms with van der Waals surface area (Å²) in [5.74, 6) is 0.220. The van der Waals surface area contributed by atoms with Crippen molar-refractivity contribution in [3.63, 3.8) is 0 Å². The summed E-state index contributed by atoms with van der Waals surface area (Å²) in [5.41, 5.74) is 0.334. The van der Waals surface area contributed by atoms with Gasteiger partial charge in [-0.2, -0.15) is 0 Å². The molecule has 1 rings (SSSR count). The van der Waals surface area contributed by atoms with Gasteiger partial charge < -0.3 is 5.11 Å². The molecule has 0 bridgehead atoms. The highest BCUT2D eigenvalue weighted by Gasteiger charge is 2.29. The number of benzene rings is 1. The van der Waals surface area contributed by atoms with Gasteiger partial charge in [-0.3, -0.25) is 0 Å². The second-order valence-corrected chi connectivity index (χ2v) is 5.85. The molecule has 0 aliphatic heterocycles. The van der Waals surface area contributed by atoms with Crippen LogP contribution < -0.4 is 0 Å². The van der Waals surface area contributed by atoms with Crippen LogP contribution in [-0.4, -0.2) is 10.7 Å². The number of hydrogen-bond acceptors (Lipinski definition) is 1. The first-order chi connectivity index (χ1) is 7.39. The van der Waals surface area contributed by atoms with Crippen LogP contribution in [0.15, 0.2) is 22.7 Å². The van der Waals surface area contributed by atoms with Crippen molar-refractivity contribution < 1.29 is 5.11 Å². The van der Waals surface area contributed by atoms with Gasteiger partial charge in [0.15, 0.2) is 0 Å². The summed E-state index contributed by atoms with van der Waals surface area (Å²) in [6.07, 6.45) is 1.34. The molecule has 0 radical (unpaired) electrons. The average molecular weight is 306 g/mol. The third-order valence-electron chi connectivity index (χ3n) is 3.20. The van der Waals surface area contributed by atoms with Crippen molar-refractivity contribution >= 4 is 27.5 Å². The SMILES string of the molecule is CCC(O)(Cc1ccc(Br)cc1Cl)C(C)C. The summed E-state index contributed by atoms with van der Waals surface area (Å²) in [6.45, 7) is 6.08. The molecule has 90 valence electrons. The van der Waals surface area contributed by atoms with Crippen LogP contribution in [0.4, 0.5) is 0 Å². The second-order valence-electron chi connectivity index (χ2n) is 4.52. The van der Waals surface area contributed by atoms with Crippen molar-refractivity contribution in [1.82, 2.24) is 0 Å². The second kappa shape index (κ2) is 5.52. The largest absolute Gasteiger partial charge is 0.389 e. The van der Waals surface area contributed by atoms with E-state index in [0.717, 1.165) is 16.5 Å². The van der Waals surface area contributed by atoms with Crippen molar-refractivity contribution in [2.24, 2.45) is 5.92 Å². The van der Waals surface area contributed by atoms with Crippen molar-refractivity contribution in [1.29, 1.82) is 0 Å². The number of aliphatic hydroxyl groups is 1. The molecule has 0 saturated carbocycles. The minimum absolute atomic E-state index is 0.220. The van der Waals surface area contributed by atoms with E-state index in [-0.39, 0.29) is 5.92 Å². The molecule has 1 aromatic rings. The predicted octanol–water partition coefficient (Wildman–Crippen LogP) is 4.44. The number of rotatable bonds is 4. The van der Waals surface area contributed by atoms with Crippen LogP contribution in [-0.2, 0) is 6.42 Å². The molecule has 0 amide bonds. The molecule has 1 aromatic carbocycles. The van der Waals surface area contributed by atoms with E-state index in [4.69, 9.17) is 11.6 Å². The lowest BCUT2D eigenvalue weighted by Crippen LogP contribution is -2.36. The highest BCUT2D eigenvalue weighted by atomic mass is 79.9. The summed E-state index contributed by atoms with van der Waals surface area (Å²) >= 11 is 9.53.